The van der Waals surface area contributed by atoms with Crippen LogP contribution in [0, 0.1) is 0 Å². The van der Waals surface area contributed by atoms with Gasteiger partial charge < -0.3 is 19.5 Å². The van der Waals surface area contributed by atoms with Crippen molar-refractivity contribution in [3.63, 3.8) is 0 Å². The van der Waals surface area contributed by atoms with Gasteiger partial charge in [0.1, 0.15) is 23.9 Å². The maximum absolute atomic E-state index is 9.79. The van der Waals surface area contributed by atoms with Crippen LogP contribution in [0.25, 0.3) is 11.1 Å². The van der Waals surface area contributed by atoms with Crippen molar-refractivity contribution in [2.24, 2.45) is 0 Å². The molecule has 4 heteroatoms. The number of nitrogens with zero attached hydrogens (tertiary/aromatic N) is 1. The van der Waals surface area contributed by atoms with Crippen LogP contribution in [0.3, 0.4) is 0 Å². The monoisotopic (exact) mass is 417 g/mol. The summed E-state index contributed by atoms with van der Waals surface area (Å²) >= 11 is 0. The number of aromatic hydroxyl groups is 1. The van der Waals surface area contributed by atoms with Crippen molar-refractivity contribution in [2.45, 2.75) is 13.3 Å². The normalized spacial score (nSPS) is 11.9. The van der Waals surface area contributed by atoms with E-state index in [0.717, 1.165) is 46.7 Å². The van der Waals surface area contributed by atoms with Crippen LogP contribution in [0.15, 0.2) is 72.8 Å². The highest BCUT2D eigenvalue weighted by Gasteiger charge is 2.14. The number of ether oxygens (including phenoxy) is 2. The van der Waals surface area contributed by atoms with Crippen LogP contribution in [0.1, 0.15) is 30.0 Å². The summed E-state index contributed by atoms with van der Waals surface area (Å²) in [6.07, 6.45) is 0.865. The van der Waals surface area contributed by atoms with Crippen molar-refractivity contribution >= 4 is 11.1 Å². The number of benzene rings is 3. The molecule has 0 saturated heterocycles. The van der Waals surface area contributed by atoms with Crippen LogP contribution in [0.5, 0.6) is 17.2 Å². The van der Waals surface area contributed by atoms with Gasteiger partial charge in [-0.25, -0.2) is 0 Å². The van der Waals surface area contributed by atoms with E-state index in [-0.39, 0.29) is 5.75 Å². The highest BCUT2D eigenvalue weighted by atomic mass is 16.5. The van der Waals surface area contributed by atoms with Gasteiger partial charge in [0, 0.05) is 6.54 Å². The van der Waals surface area contributed by atoms with Crippen LogP contribution >= 0.6 is 0 Å². The summed E-state index contributed by atoms with van der Waals surface area (Å²) in [5, 5.41) is 9.79. The zero-order valence-corrected chi connectivity index (χ0v) is 18.8. The number of hydrogen-bond acceptors (Lipinski definition) is 4. The van der Waals surface area contributed by atoms with Crippen molar-refractivity contribution in [1.29, 1.82) is 0 Å². The number of phenols is 1. The van der Waals surface area contributed by atoms with Gasteiger partial charge >= 0.3 is 0 Å². The lowest BCUT2D eigenvalue weighted by Gasteiger charge is -2.17. The molecule has 0 aliphatic rings. The van der Waals surface area contributed by atoms with Gasteiger partial charge in [0.2, 0.25) is 0 Å². The van der Waals surface area contributed by atoms with Gasteiger partial charge in [-0.1, -0.05) is 43.3 Å². The van der Waals surface area contributed by atoms with Crippen LogP contribution in [0.4, 0.5) is 0 Å². The number of phenolic OH excluding ortho intramolecular Hbond substituents is 1. The summed E-state index contributed by atoms with van der Waals surface area (Å²) in [5.74, 6) is 1.96. The second-order valence-electron chi connectivity index (χ2n) is 7.66. The summed E-state index contributed by atoms with van der Waals surface area (Å²) < 4.78 is 11.2. The Morgan fingerprint density at radius 2 is 1.29 bits per heavy atom. The van der Waals surface area contributed by atoms with Gasteiger partial charge in [0.05, 0.1) is 7.11 Å². The van der Waals surface area contributed by atoms with Gasteiger partial charge in [-0.05, 0) is 84.8 Å². The molecule has 0 bridgehead atoms. The van der Waals surface area contributed by atoms with Crippen LogP contribution < -0.4 is 9.47 Å². The van der Waals surface area contributed by atoms with E-state index in [4.69, 9.17) is 9.47 Å². The smallest absolute Gasteiger partial charge is 0.119 e. The molecule has 4 nitrogen and oxygen atoms in total. The number of methoxy groups -OCH3 is 1. The zero-order chi connectivity index (χ0) is 22.2. The topological polar surface area (TPSA) is 41.9 Å². The molecule has 31 heavy (non-hydrogen) atoms. The Morgan fingerprint density at radius 3 is 1.81 bits per heavy atom. The fraction of sp³-hybridized carbons (Fsp3) is 0.259. The first-order chi connectivity index (χ1) is 15.0. The van der Waals surface area contributed by atoms with Crippen molar-refractivity contribution in [1.82, 2.24) is 4.90 Å². The Bertz CT molecular complexity index is 988. The molecule has 0 fully saturated rings. The molecule has 0 saturated carbocycles. The van der Waals surface area contributed by atoms with E-state index in [1.165, 1.54) is 5.57 Å². The second-order valence-corrected chi connectivity index (χ2v) is 7.66. The fourth-order valence-electron chi connectivity index (χ4n) is 3.52. The molecule has 0 atom stereocenters. The van der Waals surface area contributed by atoms with Crippen molar-refractivity contribution < 1.29 is 14.6 Å². The zero-order valence-electron chi connectivity index (χ0n) is 18.8. The molecular formula is C27H31NO3. The quantitative estimate of drug-likeness (QED) is 0.453. The summed E-state index contributed by atoms with van der Waals surface area (Å²) in [4.78, 5) is 2.10. The summed E-state index contributed by atoms with van der Waals surface area (Å²) in [7, 11) is 5.74. The van der Waals surface area contributed by atoms with E-state index in [1.807, 2.05) is 50.5 Å². The molecule has 0 aromatic heterocycles. The van der Waals surface area contributed by atoms with Gasteiger partial charge in [-0.2, -0.15) is 0 Å². The number of likely N-dealkylation sites (N-methyl/N-ethyl adjacent to an activating group) is 1. The first-order valence-corrected chi connectivity index (χ1v) is 10.6. The second kappa shape index (κ2) is 10.7. The minimum absolute atomic E-state index is 0.259. The number of rotatable bonds is 9. The van der Waals surface area contributed by atoms with E-state index in [0.29, 0.717) is 6.61 Å². The summed E-state index contributed by atoms with van der Waals surface area (Å²) in [5.41, 5.74) is 5.70. The maximum Gasteiger partial charge on any atom is 0.119 e. The van der Waals surface area contributed by atoms with E-state index in [9.17, 15) is 5.11 Å². The Morgan fingerprint density at radius 1 is 0.774 bits per heavy atom. The molecule has 0 heterocycles. The third kappa shape index (κ3) is 5.89. The van der Waals surface area contributed by atoms with Crippen LogP contribution in [-0.4, -0.2) is 44.4 Å². The van der Waals surface area contributed by atoms with E-state index < -0.39 is 0 Å². The lowest BCUT2D eigenvalue weighted by molar-refractivity contribution is 0.261. The molecule has 3 aromatic rings. The van der Waals surface area contributed by atoms with Gasteiger partial charge in [-0.15, -0.1) is 0 Å². The highest BCUT2D eigenvalue weighted by Crippen LogP contribution is 2.36. The molecule has 162 valence electrons. The van der Waals surface area contributed by atoms with Gasteiger partial charge in [-0.3, -0.25) is 0 Å². The molecule has 0 aliphatic heterocycles. The summed E-state index contributed by atoms with van der Waals surface area (Å²) in [6, 6.07) is 23.8. The largest absolute Gasteiger partial charge is 0.508 e. The first kappa shape index (κ1) is 22.4. The lowest BCUT2D eigenvalue weighted by Crippen LogP contribution is -2.19. The standard InChI is InChI=1S/C27H31NO3/c1-5-26(20-8-14-24(30-4)15-9-20)27(21-6-12-23(29)13-7-21)22-10-16-25(17-11-22)31-19-18-28(2)3/h6-17,29H,5,18-19H2,1-4H3/b27-26-. The summed E-state index contributed by atoms with van der Waals surface area (Å²) in [6.45, 7) is 3.69. The Balaban J connectivity index is 2.03. The molecule has 0 radical (unpaired) electrons. The minimum atomic E-state index is 0.259. The molecule has 0 unspecified atom stereocenters. The molecule has 0 amide bonds. The number of hydrogen-bond donors (Lipinski definition) is 1. The SMILES string of the molecule is CC/C(=C(\c1ccc(O)cc1)c1ccc(OCCN(C)C)cc1)c1ccc(OC)cc1. The Hall–Kier alpha value is -3.24. The lowest BCUT2D eigenvalue weighted by atomic mass is 9.88. The van der Waals surface area contributed by atoms with Crippen LogP contribution in [0.2, 0.25) is 0 Å². The third-order valence-electron chi connectivity index (χ3n) is 5.20. The van der Waals surface area contributed by atoms with Crippen molar-refractivity contribution in [3.8, 4) is 17.2 Å². The predicted molar refractivity (Wildman–Crippen MR) is 128 cm³/mol. The minimum Gasteiger partial charge on any atom is -0.508 e. The van der Waals surface area contributed by atoms with Crippen LogP contribution in [-0.2, 0) is 0 Å². The molecule has 1 N–H and O–H groups in total. The number of allylic oxidation sites excluding steroid dienone is 1. The average molecular weight is 418 g/mol. The van der Waals surface area contributed by atoms with Gasteiger partial charge in [0.15, 0.2) is 0 Å². The Kier molecular flexibility index (Phi) is 7.74. The molecule has 3 rings (SSSR count). The fourth-order valence-corrected chi connectivity index (χ4v) is 3.52. The third-order valence-corrected chi connectivity index (χ3v) is 5.20. The highest BCUT2D eigenvalue weighted by molar-refractivity contribution is 5.98. The van der Waals surface area contributed by atoms with E-state index >= 15 is 0 Å². The molecule has 0 spiro atoms. The Labute approximate surface area is 185 Å². The van der Waals surface area contributed by atoms with Crippen molar-refractivity contribution in [2.75, 3.05) is 34.4 Å². The predicted octanol–water partition coefficient (Wildman–Crippen LogP) is 5.71. The van der Waals surface area contributed by atoms with E-state index in [2.05, 4.69) is 36.1 Å². The van der Waals surface area contributed by atoms with E-state index in [1.54, 1.807) is 19.2 Å². The average Bonchev–Trinajstić information content (AvgIpc) is 2.79. The first-order valence-electron chi connectivity index (χ1n) is 10.6. The maximum atomic E-state index is 9.79. The van der Waals surface area contributed by atoms with Crippen molar-refractivity contribution in [3.05, 3.63) is 89.5 Å². The molecule has 3 aromatic carbocycles. The van der Waals surface area contributed by atoms with Gasteiger partial charge in [0.25, 0.3) is 0 Å². The molecular weight excluding hydrogens is 386 g/mol. The molecule has 0 aliphatic carbocycles.